The Bertz CT molecular complexity index is 948. The summed E-state index contributed by atoms with van der Waals surface area (Å²) >= 11 is 0. The van der Waals surface area contributed by atoms with Crippen molar-refractivity contribution in [1.82, 2.24) is 10.2 Å². The third kappa shape index (κ3) is 3.95. The van der Waals surface area contributed by atoms with E-state index in [1.54, 1.807) is 12.1 Å². The highest BCUT2D eigenvalue weighted by molar-refractivity contribution is 6.48. The summed E-state index contributed by atoms with van der Waals surface area (Å²) in [6, 6.07) is 16.2. The van der Waals surface area contributed by atoms with Crippen LogP contribution in [0.15, 0.2) is 70.9 Å². The van der Waals surface area contributed by atoms with Crippen molar-refractivity contribution in [2.24, 2.45) is 10.9 Å². The number of benzene rings is 2. The molecule has 150 valence electrons. The van der Waals surface area contributed by atoms with Gasteiger partial charge in [0.25, 0.3) is 5.91 Å². The largest absolute Gasteiger partial charge is 0.386 e. The van der Waals surface area contributed by atoms with Gasteiger partial charge in [-0.1, -0.05) is 56.3 Å². The molecule has 1 N–H and O–H groups in total. The maximum atomic E-state index is 13.6. The van der Waals surface area contributed by atoms with Crippen LogP contribution in [0.5, 0.6) is 0 Å². The molecule has 0 spiro atoms. The molecule has 0 aliphatic carbocycles. The SMILES string of the molecule is CC(C)CC1=C2C(=NCCN1)C(=O)N(Cc1ccccc1)C2c1ccc(F)cc1. The summed E-state index contributed by atoms with van der Waals surface area (Å²) in [7, 11) is 0. The molecule has 2 heterocycles. The minimum absolute atomic E-state index is 0.0527. The molecular weight excluding hydrogens is 365 g/mol. The summed E-state index contributed by atoms with van der Waals surface area (Å²) in [5.41, 5.74) is 4.54. The number of hydrogen-bond donors (Lipinski definition) is 1. The quantitative estimate of drug-likeness (QED) is 0.828. The van der Waals surface area contributed by atoms with E-state index in [4.69, 9.17) is 0 Å². The van der Waals surface area contributed by atoms with Gasteiger partial charge >= 0.3 is 0 Å². The van der Waals surface area contributed by atoms with E-state index in [2.05, 4.69) is 24.2 Å². The monoisotopic (exact) mass is 391 g/mol. The average Bonchev–Trinajstić information content (AvgIpc) is 2.84. The van der Waals surface area contributed by atoms with Gasteiger partial charge in [-0.3, -0.25) is 9.79 Å². The molecule has 2 aromatic carbocycles. The Morgan fingerprint density at radius 1 is 1.14 bits per heavy atom. The van der Waals surface area contributed by atoms with Crippen LogP contribution in [0.1, 0.15) is 37.4 Å². The molecule has 4 rings (SSSR count). The van der Waals surface area contributed by atoms with Crippen molar-refractivity contribution in [2.45, 2.75) is 32.9 Å². The Balaban J connectivity index is 1.85. The third-order valence-corrected chi connectivity index (χ3v) is 5.34. The van der Waals surface area contributed by atoms with Crippen LogP contribution in [0.25, 0.3) is 0 Å². The number of halogens is 1. The highest BCUT2D eigenvalue weighted by Crippen LogP contribution is 2.40. The van der Waals surface area contributed by atoms with Gasteiger partial charge < -0.3 is 10.2 Å². The zero-order valence-corrected chi connectivity index (χ0v) is 16.9. The second-order valence-electron chi connectivity index (χ2n) is 8.02. The van der Waals surface area contributed by atoms with Crippen molar-refractivity contribution in [3.8, 4) is 0 Å². The minimum Gasteiger partial charge on any atom is -0.386 e. The van der Waals surface area contributed by atoms with Crippen LogP contribution in [0.3, 0.4) is 0 Å². The second-order valence-corrected chi connectivity index (χ2v) is 8.02. The number of nitrogens with one attached hydrogen (secondary N) is 1. The van der Waals surface area contributed by atoms with E-state index in [9.17, 15) is 9.18 Å². The van der Waals surface area contributed by atoms with E-state index in [0.717, 1.165) is 35.4 Å². The molecule has 1 atom stereocenters. The van der Waals surface area contributed by atoms with Crippen LogP contribution in [0, 0.1) is 11.7 Å². The lowest BCUT2D eigenvalue weighted by molar-refractivity contribution is -0.124. The lowest BCUT2D eigenvalue weighted by atomic mass is 9.93. The van der Waals surface area contributed by atoms with Crippen LogP contribution in [0.2, 0.25) is 0 Å². The molecule has 2 aliphatic rings. The Labute approximate surface area is 171 Å². The van der Waals surface area contributed by atoms with Crippen LogP contribution in [-0.2, 0) is 11.3 Å². The smallest absolute Gasteiger partial charge is 0.273 e. The zero-order chi connectivity index (χ0) is 20.4. The number of fused-ring (bicyclic) bond motifs is 1. The normalized spacial score (nSPS) is 19.2. The number of carbonyl (C=O) groups is 1. The maximum Gasteiger partial charge on any atom is 0.273 e. The fourth-order valence-corrected chi connectivity index (χ4v) is 4.11. The average molecular weight is 391 g/mol. The molecule has 4 nitrogen and oxygen atoms in total. The molecule has 1 saturated heterocycles. The van der Waals surface area contributed by atoms with Crippen molar-refractivity contribution in [1.29, 1.82) is 0 Å². The second kappa shape index (κ2) is 8.19. The first kappa shape index (κ1) is 19.4. The summed E-state index contributed by atoms with van der Waals surface area (Å²) in [4.78, 5) is 19.9. The van der Waals surface area contributed by atoms with Crippen molar-refractivity contribution < 1.29 is 9.18 Å². The number of allylic oxidation sites excluding steroid dienone is 1. The molecule has 0 bridgehead atoms. The van der Waals surface area contributed by atoms with E-state index in [0.29, 0.717) is 24.7 Å². The Morgan fingerprint density at radius 3 is 2.55 bits per heavy atom. The number of carbonyl (C=O) groups excluding carboxylic acids is 1. The van der Waals surface area contributed by atoms with Crippen LogP contribution in [0.4, 0.5) is 4.39 Å². The lowest BCUT2D eigenvalue weighted by Gasteiger charge is -2.27. The Kier molecular flexibility index (Phi) is 5.47. The van der Waals surface area contributed by atoms with E-state index in [1.165, 1.54) is 12.1 Å². The van der Waals surface area contributed by atoms with Crippen LogP contribution >= 0.6 is 0 Å². The summed E-state index contributed by atoms with van der Waals surface area (Å²) < 4.78 is 13.6. The van der Waals surface area contributed by atoms with Gasteiger partial charge in [-0.25, -0.2) is 4.39 Å². The number of hydrogen-bond acceptors (Lipinski definition) is 3. The number of rotatable bonds is 5. The van der Waals surface area contributed by atoms with Gasteiger partial charge in [0.1, 0.15) is 11.5 Å². The molecule has 1 unspecified atom stereocenters. The standard InChI is InChI=1S/C24H26FN3O/c1-16(2)14-20-21-22(27-13-12-26-20)24(29)28(15-17-6-4-3-5-7-17)23(21)18-8-10-19(25)11-9-18/h3-11,16,23,26H,12-15H2,1-2H3. The van der Waals surface area contributed by atoms with Crippen LogP contribution in [-0.4, -0.2) is 29.6 Å². The van der Waals surface area contributed by atoms with Gasteiger partial charge in [-0.2, -0.15) is 0 Å². The van der Waals surface area contributed by atoms with Gasteiger partial charge in [0, 0.05) is 24.4 Å². The summed E-state index contributed by atoms with van der Waals surface area (Å²) in [5.74, 6) is 0.108. The van der Waals surface area contributed by atoms with Crippen molar-refractivity contribution in [2.75, 3.05) is 13.1 Å². The fourth-order valence-electron chi connectivity index (χ4n) is 4.11. The Morgan fingerprint density at radius 2 is 1.86 bits per heavy atom. The van der Waals surface area contributed by atoms with Crippen molar-refractivity contribution >= 4 is 11.6 Å². The van der Waals surface area contributed by atoms with E-state index < -0.39 is 0 Å². The van der Waals surface area contributed by atoms with E-state index in [-0.39, 0.29) is 17.8 Å². The number of nitrogens with zero attached hydrogens (tertiary/aromatic N) is 2. The predicted octanol–water partition coefficient (Wildman–Crippen LogP) is 4.25. The molecule has 1 amide bonds. The minimum atomic E-state index is -0.281. The van der Waals surface area contributed by atoms with Gasteiger partial charge in [0.2, 0.25) is 0 Å². The van der Waals surface area contributed by atoms with Gasteiger partial charge in [0.15, 0.2) is 0 Å². The zero-order valence-electron chi connectivity index (χ0n) is 16.9. The molecule has 1 fully saturated rings. The first-order valence-electron chi connectivity index (χ1n) is 10.2. The summed E-state index contributed by atoms with van der Waals surface area (Å²) in [5, 5.41) is 3.51. The third-order valence-electron chi connectivity index (χ3n) is 5.34. The van der Waals surface area contributed by atoms with Crippen molar-refractivity contribution in [3.63, 3.8) is 0 Å². The first-order chi connectivity index (χ1) is 14.0. The maximum absolute atomic E-state index is 13.6. The van der Waals surface area contributed by atoms with E-state index in [1.807, 2.05) is 35.2 Å². The number of likely N-dealkylation sites (tertiary alicyclic amines) is 1. The molecule has 2 aromatic rings. The van der Waals surface area contributed by atoms with Crippen LogP contribution < -0.4 is 5.32 Å². The van der Waals surface area contributed by atoms with E-state index >= 15 is 0 Å². The molecule has 29 heavy (non-hydrogen) atoms. The topological polar surface area (TPSA) is 44.7 Å². The molecule has 0 radical (unpaired) electrons. The van der Waals surface area contributed by atoms with Gasteiger partial charge in [0.05, 0.1) is 12.6 Å². The molecule has 2 aliphatic heterocycles. The first-order valence-corrected chi connectivity index (χ1v) is 10.2. The Hall–Kier alpha value is -2.95. The molecule has 5 heteroatoms. The summed E-state index contributed by atoms with van der Waals surface area (Å²) in [6.07, 6.45) is 0.846. The predicted molar refractivity (Wildman–Crippen MR) is 113 cm³/mol. The highest BCUT2D eigenvalue weighted by atomic mass is 19.1. The molecule has 0 saturated carbocycles. The fraction of sp³-hybridized carbons (Fsp3) is 0.333. The highest BCUT2D eigenvalue weighted by Gasteiger charge is 2.44. The van der Waals surface area contributed by atoms with Gasteiger partial charge in [-0.15, -0.1) is 0 Å². The lowest BCUT2D eigenvalue weighted by Crippen LogP contribution is -2.30. The molecule has 0 aromatic heterocycles. The van der Waals surface area contributed by atoms with Crippen molar-refractivity contribution in [3.05, 3.63) is 82.8 Å². The van der Waals surface area contributed by atoms with Gasteiger partial charge in [-0.05, 0) is 35.6 Å². The molecular formula is C24H26FN3O. The number of aliphatic imine (C=N–C) groups is 1. The summed E-state index contributed by atoms with van der Waals surface area (Å²) in [6.45, 7) is 6.11. The number of amides is 1.